The number of carbonyl (C=O) groups excluding carboxylic acids is 1. The number of benzene rings is 1. The average Bonchev–Trinajstić information content (AvgIpc) is 3.02. The van der Waals surface area contributed by atoms with Gasteiger partial charge in [-0.05, 0) is 56.4 Å². The van der Waals surface area contributed by atoms with Crippen LogP contribution in [0.3, 0.4) is 0 Å². The molecule has 1 aromatic carbocycles. The molecule has 0 atom stereocenters. The van der Waals surface area contributed by atoms with E-state index in [2.05, 4.69) is 28.2 Å². The minimum absolute atomic E-state index is 0.0208. The molecular weight excluding hydrogens is 346 g/mol. The molecule has 0 aliphatic heterocycles. The number of nitrogens with one attached hydrogen (secondary N) is 1. The van der Waals surface area contributed by atoms with Crippen LogP contribution in [0.1, 0.15) is 39.0 Å². The van der Waals surface area contributed by atoms with Crippen LogP contribution in [0.5, 0.6) is 5.75 Å². The molecule has 0 radical (unpaired) electrons. The van der Waals surface area contributed by atoms with Crippen molar-refractivity contribution in [1.82, 2.24) is 0 Å². The Morgan fingerprint density at radius 2 is 1.91 bits per heavy atom. The van der Waals surface area contributed by atoms with Crippen molar-refractivity contribution in [3.8, 4) is 5.75 Å². The molecule has 0 saturated heterocycles. The number of anilines is 1. The van der Waals surface area contributed by atoms with Crippen molar-refractivity contribution >= 4 is 27.5 Å². The van der Waals surface area contributed by atoms with Gasteiger partial charge in [-0.2, -0.15) is 0 Å². The molecule has 122 valence electrons. The Labute approximate surface area is 140 Å². The van der Waals surface area contributed by atoms with Crippen LogP contribution in [-0.4, -0.2) is 30.1 Å². The van der Waals surface area contributed by atoms with Crippen LogP contribution in [0.4, 0.5) is 5.69 Å². The van der Waals surface area contributed by atoms with Gasteiger partial charge < -0.3 is 14.8 Å². The molecule has 0 bridgehead atoms. The van der Waals surface area contributed by atoms with E-state index >= 15 is 0 Å². The molecule has 22 heavy (non-hydrogen) atoms. The maximum atomic E-state index is 12.6. The lowest BCUT2D eigenvalue weighted by molar-refractivity contribution is -0.140. The molecule has 1 aliphatic rings. The van der Waals surface area contributed by atoms with E-state index in [-0.39, 0.29) is 5.91 Å². The van der Waals surface area contributed by atoms with E-state index < -0.39 is 5.60 Å². The highest BCUT2D eigenvalue weighted by molar-refractivity contribution is 9.09. The summed E-state index contributed by atoms with van der Waals surface area (Å²) in [5.41, 5.74) is 0.142. The van der Waals surface area contributed by atoms with Gasteiger partial charge in [0.15, 0.2) is 0 Å². The third kappa shape index (κ3) is 4.46. The zero-order valence-electron chi connectivity index (χ0n) is 13.1. The Morgan fingerprint density at radius 1 is 1.23 bits per heavy atom. The topological polar surface area (TPSA) is 47.6 Å². The summed E-state index contributed by atoms with van der Waals surface area (Å²) in [4.78, 5) is 12.6. The minimum atomic E-state index is -0.638. The monoisotopic (exact) mass is 369 g/mol. The zero-order valence-corrected chi connectivity index (χ0v) is 14.7. The van der Waals surface area contributed by atoms with Gasteiger partial charge in [0, 0.05) is 17.6 Å². The van der Waals surface area contributed by atoms with Gasteiger partial charge in [-0.15, -0.1) is 0 Å². The number of amides is 1. The van der Waals surface area contributed by atoms with Gasteiger partial charge in [0.2, 0.25) is 0 Å². The molecule has 5 heteroatoms. The predicted octanol–water partition coefficient (Wildman–Crippen LogP) is 4.14. The fourth-order valence-electron chi connectivity index (χ4n) is 2.72. The highest BCUT2D eigenvalue weighted by Crippen LogP contribution is 2.34. The van der Waals surface area contributed by atoms with Gasteiger partial charge in [-0.1, -0.05) is 22.9 Å². The summed E-state index contributed by atoms with van der Waals surface area (Å²) >= 11 is 3.32. The van der Waals surface area contributed by atoms with Crippen molar-refractivity contribution in [2.24, 2.45) is 0 Å². The quantitative estimate of drug-likeness (QED) is 0.700. The lowest BCUT2D eigenvalue weighted by Crippen LogP contribution is -2.43. The first-order chi connectivity index (χ1) is 10.7. The Morgan fingerprint density at radius 3 is 2.50 bits per heavy atom. The van der Waals surface area contributed by atoms with Crippen LogP contribution in [-0.2, 0) is 9.53 Å². The summed E-state index contributed by atoms with van der Waals surface area (Å²) in [6.07, 6.45) is 4.65. The number of ether oxygens (including phenoxy) is 2. The van der Waals surface area contributed by atoms with Crippen molar-refractivity contribution in [1.29, 1.82) is 0 Å². The van der Waals surface area contributed by atoms with Crippen molar-refractivity contribution in [3.63, 3.8) is 0 Å². The van der Waals surface area contributed by atoms with E-state index in [0.717, 1.165) is 48.9 Å². The summed E-state index contributed by atoms with van der Waals surface area (Å²) < 4.78 is 11.4. The molecule has 4 nitrogen and oxygen atoms in total. The molecule has 1 aliphatic carbocycles. The predicted molar refractivity (Wildman–Crippen MR) is 91.8 cm³/mol. The van der Waals surface area contributed by atoms with Gasteiger partial charge in [0.1, 0.15) is 11.4 Å². The maximum Gasteiger partial charge on any atom is 0.256 e. The summed E-state index contributed by atoms with van der Waals surface area (Å²) in [7, 11) is 0. The molecule has 2 rings (SSSR count). The average molecular weight is 370 g/mol. The summed E-state index contributed by atoms with van der Waals surface area (Å²) in [5, 5.41) is 3.78. The molecule has 1 fully saturated rings. The number of hydrogen-bond acceptors (Lipinski definition) is 3. The van der Waals surface area contributed by atoms with E-state index in [1.165, 1.54) is 0 Å². The second-order valence-corrected chi connectivity index (χ2v) is 6.36. The third-order valence-electron chi connectivity index (χ3n) is 3.87. The van der Waals surface area contributed by atoms with Gasteiger partial charge in [-0.25, -0.2) is 0 Å². The first-order valence-corrected chi connectivity index (χ1v) is 9.06. The Kier molecular flexibility index (Phi) is 6.70. The first-order valence-electron chi connectivity index (χ1n) is 7.94. The summed E-state index contributed by atoms with van der Waals surface area (Å²) in [6.45, 7) is 3.32. The minimum Gasteiger partial charge on any atom is -0.493 e. The van der Waals surface area contributed by atoms with Crippen LogP contribution in [0.15, 0.2) is 24.3 Å². The van der Waals surface area contributed by atoms with Gasteiger partial charge >= 0.3 is 0 Å². The molecule has 1 N–H and O–H groups in total. The molecule has 0 spiro atoms. The van der Waals surface area contributed by atoms with Gasteiger partial charge in [-0.3, -0.25) is 4.79 Å². The fourth-order valence-corrected chi connectivity index (χ4v) is 2.88. The summed E-state index contributed by atoms with van der Waals surface area (Å²) in [6, 6.07) is 7.47. The fraction of sp³-hybridized carbons (Fsp3) is 0.588. The molecule has 0 unspecified atom stereocenters. The second-order valence-electron chi connectivity index (χ2n) is 5.57. The van der Waals surface area contributed by atoms with E-state index in [9.17, 15) is 4.79 Å². The summed E-state index contributed by atoms with van der Waals surface area (Å²) in [5.74, 6) is 0.780. The Hall–Kier alpha value is -1.07. The van der Waals surface area contributed by atoms with E-state index in [0.29, 0.717) is 13.2 Å². The number of carbonyl (C=O) groups is 1. The van der Waals surface area contributed by atoms with Crippen LogP contribution < -0.4 is 10.1 Å². The van der Waals surface area contributed by atoms with Crippen LogP contribution in [0.2, 0.25) is 0 Å². The van der Waals surface area contributed by atoms with Gasteiger partial charge in [0.05, 0.1) is 6.61 Å². The molecular formula is C17H24BrNO3. The number of halogens is 1. The lowest BCUT2D eigenvalue weighted by Gasteiger charge is -2.28. The molecule has 1 amide bonds. The van der Waals surface area contributed by atoms with E-state index in [4.69, 9.17) is 9.47 Å². The SMILES string of the molecule is CCCOC1(C(=O)Nc2ccc(OCCBr)cc2)CCCC1. The smallest absolute Gasteiger partial charge is 0.256 e. The van der Waals surface area contributed by atoms with Crippen LogP contribution in [0.25, 0.3) is 0 Å². The van der Waals surface area contributed by atoms with E-state index in [1.807, 2.05) is 24.3 Å². The zero-order chi connectivity index (χ0) is 15.8. The Bertz CT molecular complexity index is 469. The molecule has 0 aromatic heterocycles. The molecule has 0 heterocycles. The first kappa shape index (κ1) is 17.3. The van der Waals surface area contributed by atoms with Crippen LogP contribution >= 0.6 is 15.9 Å². The second kappa shape index (κ2) is 8.53. The lowest BCUT2D eigenvalue weighted by atomic mass is 10.0. The largest absolute Gasteiger partial charge is 0.493 e. The normalized spacial score (nSPS) is 16.5. The van der Waals surface area contributed by atoms with Gasteiger partial charge in [0.25, 0.3) is 5.91 Å². The Balaban J connectivity index is 1.97. The van der Waals surface area contributed by atoms with Crippen molar-refractivity contribution in [3.05, 3.63) is 24.3 Å². The number of rotatable bonds is 8. The molecule has 1 saturated carbocycles. The van der Waals surface area contributed by atoms with E-state index in [1.54, 1.807) is 0 Å². The highest BCUT2D eigenvalue weighted by Gasteiger charge is 2.42. The molecule has 1 aromatic rings. The van der Waals surface area contributed by atoms with Crippen molar-refractivity contribution in [2.45, 2.75) is 44.6 Å². The standard InChI is InChI=1S/C17H24BrNO3/c1-2-12-22-17(9-3-4-10-17)16(20)19-14-5-7-15(8-6-14)21-13-11-18/h5-8H,2-4,9-13H2,1H3,(H,19,20). The number of alkyl halides is 1. The maximum absolute atomic E-state index is 12.6. The van der Waals surface area contributed by atoms with Crippen LogP contribution in [0, 0.1) is 0 Å². The van der Waals surface area contributed by atoms with Crippen molar-refractivity contribution < 1.29 is 14.3 Å². The third-order valence-corrected chi connectivity index (χ3v) is 4.19. The van der Waals surface area contributed by atoms with Crippen molar-refractivity contribution in [2.75, 3.05) is 23.9 Å². The highest BCUT2D eigenvalue weighted by atomic mass is 79.9. The number of hydrogen-bond donors (Lipinski definition) is 1.